The summed E-state index contributed by atoms with van der Waals surface area (Å²) in [5.41, 5.74) is 6.77. The van der Waals surface area contributed by atoms with Crippen LogP contribution in [0.15, 0.2) is 42.5 Å². The molecule has 2 N–H and O–H groups in total. The Morgan fingerprint density at radius 2 is 1.95 bits per heavy atom. The minimum absolute atomic E-state index is 0.226. The summed E-state index contributed by atoms with van der Waals surface area (Å²) in [6.07, 6.45) is 0. The third-order valence-corrected chi connectivity index (χ3v) is 3.49. The fraction of sp³-hybridized carbons (Fsp3) is 0.312. The van der Waals surface area contributed by atoms with E-state index in [9.17, 15) is 4.79 Å². The number of nitrogens with zero attached hydrogens (tertiary/aromatic N) is 1. The predicted molar refractivity (Wildman–Crippen MR) is 81.8 cm³/mol. The molecule has 0 fully saturated rings. The Hall–Kier alpha value is -2.07. The summed E-state index contributed by atoms with van der Waals surface area (Å²) in [4.78, 5) is 13.9. The maximum Gasteiger partial charge on any atom is 0.329 e. The summed E-state index contributed by atoms with van der Waals surface area (Å²) >= 11 is 0. The van der Waals surface area contributed by atoms with E-state index in [0.29, 0.717) is 6.54 Å². The van der Waals surface area contributed by atoms with Gasteiger partial charge in [0.05, 0.1) is 7.11 Å². The SMILES string of the molecule is CCN(c1cccc2ccccc12)C(CN)C(=O)OC. The summed E-state index contributed by atoms with van der Waals surface area (Å²) in [7, 11) is 1.39. The zero-order valence-electron chi connectivity index (χ0n) is 11.9. The number of benzene rings is 2. The van der Waals surface area contributed by atoms with Crippen molar-refractivity contribution in [2.45, 2.75) is 13.0 Å². The summed E-state index contributed by atoms with van der Waals surface area (Å²) in [5, 5.41) is 2.25. The van der Waals surface area contributed by atoms with Crippen molar-refractivity contribution in [1.82, 2.24) is 0 Å². The Kier molecular flexibility index (Phi) is 4.58. The standard InChI is InChI=1S/C16H20N2O2/c1-3-18(15(11-17)16(19)20-2)14-10-6-8-12-7-4-5-9-13(12)14/h4-10,15H,3,11,17H2,1-2H3. The van der Waals surface area contributed by atoms with Crippen LogP contribution in [-0.2, 0) is 9.53 Å². The first-order chi connectivity index (χ1) is 9.72. The molecule has 2 aromatic rings. The van der Waals surface area contributed by atoms with Gasteiger partial charge in [0.2, 0.25) is 0 Å². The first-order valence-corrected chi connectivity index (χ1v) is 6.75. The van der Waals surface area contributed by atoms with Gasteiger partial charge in [-0.2, -0.15) is 0 Å². The molecule has 0 saturated heterocycles. The highest BCUT2D eigenvalue weighted by Crippen LogP contribution is 2.28. The van der Waals surface area contributed by atoms with Crippen LogP contribution in [0.25, 0.3) is 10.8 Å². The number of anilines is 1. The largest absolute Gasteiger partial charge is 0.467 e. The number of methoxy groups -OCH3 is 1. The molecule has 106 valence electrons. The van der Waals surface area contributed by atoms with Crippen molar-refractivity contribution in [2.24, 2.45) is 5.73 Å². The number of hydrogen-bond acceptors (Lipinski definition) is 4. The van der Waals surface area contributed by atoms with E-state index in [2.05, 4.69) is 18.2 Å². The zero-order chi connectivity index (χ0) is 14.5. The van der Waals surface area contributed by atoms with Crippen LogP contribution in [0.4, 0.5) is 5.69 Å². The Morgan fingerprint density at radius 3 is 2.60 bits per heavy atom. The molecule has 0 aliphatic rings. The van der Waals surface area contributed by atoms with E-state index in [4.69, 9.17) is 10.5 Å². The average Bonchev–Trinajstić information content (AvgIpc) is 2.51. The van der Waals surface area contributed by atoms with Gasteiger partial charge in [0.25, 0.3) is 0 Å². The molecule has 1 unspecified atom stereocenters. The molecule has 4 heteroatoms. The van der Waals surface area contributed by atoms with Crippen molar-refractivity contribution in [3.8, 4) is 0 Å². The van der Waals surface area contributed by atoms with E-state index >= 15 is 0 Å². The van der Waals surface area contributed by atoms with Gasteiger partial charge in [0, 0.05) is 24.2 Å². The van der Waals surface area contributed by atoms with Crippen molar-refractivity contribution in [2.75, 3.05) is 25.1 Å². The summed E-state index contributed by atoms with van der Waals surface area (Å²) in [5.74, 6) is -0.303. The molecule has 0 aromatic heterocycles. The Labute approximate surface area is 119 Å². The van der Waals surface area contributed by atoms with E-state index in [1.54, 1.807) is 0 Å². The van der Waals surface area contributed by atoms with Gasteiger partial charge in [0.1, 0.15) is 6.04 Å². The van der Waals surface area contributed by atoms with Gasteiger partial charge >= 0.3 is 5.97 Å². The number of hydrogen-bond donors (Lipinski definition) is 1. The zero-order valence-corrected chi connectivity index (χ0v) is 11.9. The van der Waals surface area contributed by atoms with Crippen LogP contribution in [0.3, 0.4) is 0 Å². The lowest BCUT2D eigenvalue weighted by atomic mass is 10.1. The third-order valence-electron chi connectivity index (χ3n) is 3.49. The van der Waals surface area contributed by atoms with Crippen molar-refractivity contribution in [3.05, 3.63) is 42.5 Å². The van der Waals surface area contributed by atoms with E-state index in [0.717, 1.165) is 16.5 Å². The smallest absolute Gasteiger partial charge is 0.329 e. The molecule has 0 aliphatic carbocycles. The Balaban J connectivity index is 2.51. The number of likely N-dealkylation sites (N-methyl/N-ethyl adjacent to an activating group) is 1. The molecule has 0 aliphatic heterocycles. The van der Waals surface area contributed by atoms with Crippen molar-refractivity contribution in [1.29, 1.82) is 0 Å². The lowest BCUT2D eigenvalue weighted by Crippen LogP contribution is -2.47. The quantitative estimate of drug-likeness (QED) is 0.848. The predicted octanol–water partition coefficient (Wildman–Crippen LogP) is 2.17. The van der Waals surface area contributed by atoms with Gasteiger partial charge in [-0.1, -0.05) is 36.4 Å². The van der Waals surface area contributed by atoms with Crippen molar-refractivity contribution < 1.29 is 9.53 Å². The molecule has 0 saturated carbocycles. The van der Waals surface area contributed by atoms with Gasteiger partial charge in [-0.15, -0.1) is 0 Å². The fourth-order valence-electron chi connectivity index (χ4n) is 2.50. The monoisotopic (exact) mass is 272 g/mol. The minimum Gasteiger partial charge on any atom is -0.467 e. The van der Waals surface area contributed by atoms with Crippen LogP contribution in [0.1, 0.15) is 6.92 Å². The fourth-order valence-corrected chi connectivity index (χ4v) is 2.50. The first-order valence-electron chi connectivity index (χ1n) is 6.75. The summed E-state index contributed by atoms with van der Waals surface area (Å²) in [6, 6.07) is 13.7. The van der Waals surface area contributed by atoms with Crippen molar-refractivity contribution in [3.63, 3.8) is 0 Å². The average molecular weight is 272 g/mol. The second-order valence-electron chi connectivity index (χ2n) is 4.56. The molecule has 0 heterocycles. The van der Waals surface area contributed by atoms with Crippen LogP contribution in [-0.4, -0.2) is 32.2 Å². The Morgan fingerprint density at radius 1 is 1.25 bits per heavy atom. The molecule has 0 bridgehead atoms. The van der Waals surface area contributed by atoms with Crippen LogP contribution in [0.5, 0.6) is 0 Å². The molecule has 20 heavy (non-hydrogen) atoms. The first kappa shape index (κ1) is 14.3. The lowest BCUT2D eigenvalue weighted by Gasteiger charge is -2.31. The van der Waals surface area contributed by atoms with Crippen molar-refractivity contribution >= 4 is 22.4 Å². The van der Waals surface area contributed by atoms with Gasteiger partial charge in [-0.3, -0.25) is 0 Å². The normalized spacial score (nSPS) is 12.2. The van der Waals surface area contributed by atoms with Gasteiger partial charge < -0.3 is 15.4 Å². The maximum absolute atomic E-state index is 11.9. The number of carbonyl (C=O) groups is 1. The molecular formula is C16H20N2O2. The number of rotatable bonds is 5. The number of ether oxygens (including phenoxy) is 1. The molecule has 2 rings (SSSR count). The molecular weight excluding hydrogens is 252 g/mol. The molecule has 1 atom stereocenters. The summed E-state index contributed by atoms with van der Waals surface area (Å²) in [6.45, 7) is 2.92. The van der Waals surface area contributed by atoms with Crippen LogP contribution in [0, 0.1) is 0 Å². The lowest BCUT2D eigenvalue weighted by molar-refractivity contribution is -0.141. The molecule has 2 aromatic carbocycles. The molecule has 4 nitrogen and oxygen atoms in total. The van der Waals surface area contributed by atoms with Gasteiger partial charge in [-0.25, -0.2) is 4.79 Å². The molecule has 0 spiro atoms. The number of fused-ring (bicyclic) bond motifs is 1. The second kappa shape index (κ2) is 6.39. The topological polar surface area (TPSA) is 55.6 Å². The van der Waals surface area contributed by atoms with E-state index < -0.39 is 6.04 Å². The van der Waals surface area contributed by atoms with E-state index in [1.165, 1.54) is 7.11 Å². The Bertz CT molecular complexity index is 593. The number of carbonyl (C=O) groups excluding carboxylic acids is 1. The van der Waals surface area contributed by atoms with E-state index in [-0.39, 0.29) is 12.5 Å². The maximum atomic E-state index is 11.9. The van der Waals surface area contributed by atoms with Gasteiger partial charge in [-0.05, 0) is 18.4 Å². The highest BCUT2D eigenvalue weighted by molar-refractivity contribution is 5.96. The molecule has 0 amide bonds. The second-order valence-corrected chi connectivity index (χ2v) is 4.56. The van der Waals surface area contributed by atoms with Gasteiger partial charge in [0.15, 0.2) is 0 Å². The number of esters is 1. The highest BCUT2D eigenvalue weighted by Gasteiger charge is 2.25. The molecule has 0 radical (unpaired) electrons. The van der Waals surface area contributed by atoms with Crippen LogP contribution in [0.2, 0.25) is 0 Å². The van der Waals surface area contributed by atoms with Crippen LogP contribution < -0.4 is 10.6 Å². The summed E-state index contributed by atoms with van der Waals surface area (Å²) < 4.78 is 4.86. The van der Waals surface area contributed by atoms with E-state index in [1.807, 2.05) is 36.1 Å². The number of nitrogens with two attached hydrogens (primary N) is 1. The minimum atomic E-state index is -0.462. The highest BCUT2D eigenvalue weighted by atomic mass is 16.5. The van der Waals surface area contributed by atoms with Crippen LogP contribution >= 0.6 is 0 Å². The third kappa shape index (κ3) is 2.60.